The van der Waals surface area contributed by atoms with Crippen LogP contribution in [0.25, 0.3) is 11.3 Å². The molecule has 106 valence electrons. The first-order valence-electron chi connectivity index (χ1n) is 6.57. The Kier molecular flexibility index (Phi) is 4.12. The van der Waals surface area contributed by atoms with Crippen LogP contribution >= 0.6 is 11.3 Å². The van der Waals surface area contributed by atoms with Crippen LogP contribution in [0.2, 0.25) is 0 Å². The van der Waals surface area contributed by atoms with Crippen LogP contribution in [0.1, 0.15) is 11.1 Å². The summed E-state index contributed by atoms with van der Waals surface area (Å²) in [5, 5.41) is 6.86. The molecule has 3 heterocycles. The molecule has 5 heteroatoms. The lowest BCUT2D eigenvalue weighted by Crippen LogP contribution is -2.24. The average molecular weight is 298 g/mol. The molecule has 0 unspecified atom stereocenters. The molecule has 3 rings (SSSR count). The molecule has 0 saturated carbocycles. The monoisotopic (exact) mass is 298 g/mol. The predicted octanol–water partition coefficient (Wildman–Crippen LogP) is 3.26. The van der Waals surface area contributed by atoms with Crippen LogP contribution in [0.4, 0.5) is 0 Å². The maximum atomic E-state index is 11.9. The van der Waals surface area contributed by atoms with Crippen LogP contribution in [-0.4, -0.2) is 10.9 Å². The van der Waals surface area contributed by atoms with E-state index in [9.17, 15) is 4.79 Å². The largest absolute Gasteiger partial charge is 0.464 e. The van der Waals surface area contributed by atoms with Crippen molar-refractivity contribution in [3.63, 3.8) is 0 Å². The summed E-state index contributed by atoms with van der Waals surface area (Å²) >= 11 is 1.60. The molecule has 0 aliphatic rings. The molecule has 0 spiro atoms. The van der Waals surface area contributed by atoms with Crippen LogP contribution in [-0.2, 0) is 17.8 Å². The second-order valence-corrected chi connectivity index (χ2v) is 5.42. The van der Waals surface area contributed by atoms with Gasteiger partial charge in [0.25, 0.3) is 0 Å². The molecule has 0 saturated heterocycles. The summed E-state index contributed by atoms with van der Waals surface area (Å²) in [4.78, 5) is 16.0. The van der Waals surface area contributed by atoms with Gasteiger partial charge in [-0.25, -0.2) is 0 Å². The lowest BCUT2D eigenvalue weighted by Gasteiger charge is -2.05. The molecule has 0 bridgehead atoms. The van der Waals surface area contributed by atoms with Gasteiger partial charge in [0.05, 0.1) is 12.7 Å². The van der Waals surface area contributed by atoms with E-state index in [1.165, 1.54) is 0 Å². The van der Waals surface area contributed by atoms with Gasteiger partial charge in [-0.05, 0) is 46.2 Å². The number of thiophene rings is 1. The van der Waals surface area contributed by atoms with Gasteiger partial charge in [-0.2, -0.15) is 11.3 Å². The summed E-state index contributed by atoms with van der Waals surface area (Å²) in [5.74, 6) is 0.783. The van der Waals surface area contributed by atoms with E-state index in [4.69, 9.17) is 4.42 Å². The van der Waals surface area contributed by atoms with E-state index in [2.05, 4.69) is 10.3 Å². The lowest BCUT2D eigenvalue weighted by molar-refractivity contribution is -0.120. The second-order valence-electron chi connectivity index (χ2n) is 4.64. The number of aromatic nitrogens is 1. The lowest BCUT2D eigenvalue weighted by atomic mass is 10.1. The number of furan rings is 1. The Hall–Kier alpha value is -2.40. The first-order chi connectivity index (χ1) is 10.3. The fraction of sp³-hybridized carbons (Fsp3) is 0.125. The van der Waals surface area contributed by atoms with Gasteiger partial charge in [0.2, 0.25) is 5.91 Å². The molecule has 0 aromatic carbocycles. The zero-order valence-electron chi connectivity index (χ0n) is 11.3. The Morgan fingerprint density at radius 3 is 3.00 bits per heavy atom. The SMILES string of the molecule is O=C(Cc1ccsc1)NCc1cncc(-c2ccco2)c1. The van der Waals surface area contributed by atoms with E-state index in [-0.39, 0.29) is 5.91 Å². The standard InChI is InChI=1S/C16H14N2O2S/c19-16(7-12-3-5-21-11-12)18-9-13-6-14(10-17-8-13)15-2-1-4-20-15/h1-6,8,10-11H,7,9H2,(H,18,19). The molecule has 0 fully saturated rings. The molecule has 4 nitrogen and oxygen atoms in total. The number of amides is 1. The van der Waals surface area contributed by atoms with Crippen LogP contribution in [0.3, 0.4) is 0 Å². The Balaban J connectivity index is 1.60. The van der Waals surface area contributed by atoms with Crippen molar-refractivity contribution in [3.8, 4) is 11.3 Å². The van der Waals surface area contributed by atoms with Gasteiger partial charge in [0.1, 0.15) is 5.76 Å². The van der Waals surface area contributed by atoms with Crippen molar-refractivity contribution in [2.75, 3.05) is 0 Å². The first kappa shape index (κ1) is 13.6. The number of nitrogens with one attached hydrogen (secondary N) is 1. The summed E-state index contributed by atoms with van der Waals surface area (Å²) in [6, 6.07) is 7.65. The zero-order valence-corrected chi connectivity index (χ0v) is 12.1. The van der Waals surface area contributed by atoms with Crippen molar-refractivity contribution in [1.29, 1.82) is 0 Å². The Labute approximate surface area is 126 Å². The third-order valence-corrected chi connectivity index (χ3v) is 3.77. The molecular weight excluding hydrogens is 284 g/mol. The van der Waals surface area contributed by atoms with Crippen molar-refractivity contribution < 1.29 is 9.21 Å². The molecule has 21 heavy (non-hydrogen) atoms. The summed E-state index contributed by atoms with van der Waals surface area (Å²) in [7, 11) is 0. The third-order valence-electron chi connectivity index (χ3n) is 3.04. The van der Waals surface area contributed by atoms with Gasteiger partial charge in [-0.3, -0.25) is 9.78 Å². The first-order valence-corrected chi connectivity index (χ1v) is 7.51. The van der Waals surface area contributed by atoms with Gasteiger partial charge in [-0.15, -0.1) is 0 Å². The van der Waals surface area contributed by atoms with Gasteiger partial charge >= 0.3 is 0 Å². The fourth-order valence-electron chi connectivity index (χ4n) is 2.00. The molecule has 0 aliphatic carbocycles. The molecule has 3 aromatic rings. The minimum Gasteiger partial charge on any atom is -0.464 e. The number of pyridine rings is 1. The fourth-order valence-corrected chi connectivity index (χ4v) is 2.67. The number of rotatable bonds is 5. The Morgan fingerprint density at radius 1 is 1.29 bits per heavy atom. The Bertz CT molecular complexity index is 706. The highest BCUT2D eigenvalue weighted by molar-refractivity contribution is 7.07. The minimum absolute atomic E-state index is 0.0109. The van der Waals surface area contributed by atoms with Crippen molar-refractivity contribution in [3.05, 3.63) is 64.8 Å². The van der Waals surface area contributed by atoms with Crippen LogP contribution in [0.5, 0.6) is 0 Å². The number of hydrogen-bond donors (Lipinski definition) is 1. The smallest absolute Gasteiger partial charge is 0.224 e. The number of carbonyl (C=O) groups excluding carboxylic acids is 1. The van der Waals surface area contributed by atoms with Crippen LogP contribution in [0.15, 0.2) is 58.1 Å². The summed E-state index contributed by atoms with van der Waals surface area (Å²) < 4.78 is 5.34. The predicted molar refractivity (Wildman–Crippen MR) is 81.8 cm³/mol. The van der Waals surface area contributed by atoms with Crippen molar-refractivity contribution in [2.24, 2.45) is 0 Å². The van der Waals surface area contributed by atoms with Crippen molar-refractivity contribution in [2.45, 2.75) is 13.0 Å². The number of nitrogens with zero attached hydrogens (tertiary/aromatic N) is 1. The van der Waals surface area contributed by atoms with Crippen LogP contribution < -0.4 is 5.32 Å². The number of carbonyl (C=O) groups is 1. The third kappa shape index (κ3) is 3.58. The van der Waals surface area contributed by atoms with Gasteiger partial charge < -0.3 is 9.73 Å². The molecule has 0 atom stereocenters. The molecule has 0 radical (unpaired) electrons. The molecule has 0 aliphatic heterocycles. The topological polar surface area (TPSA) is 55.1 Å². The molecule has 1 N–H and O–H groups in total. The number of hydrogen-bond acceptors (Lipinski definition) is 4. The maximum Gasteiger partial charge on any atom is 0.224 e. The van der Waals surface area contributed by atoms with E-state index in [1.807, 2.05) is 35.0 Å². The van der Waals surface area contributed by atoms with E-state index < -0.39 is 0 Å². The highest BCUT2D eigenvalue weighted by atomic mass is 32.1. The quantitative estimate of drug-likeness (QED) is 0.786. The summed E-state index contributed by atoms with van der Waals surface area (Å²) in [5.41, 5.74) is 2.90. The maximum absolute atomic E-state index is 11.9. The molecular formula is C16H14N2O2S. The summed E-state index contributed by atoms with van der Waals surface area (Å²) in [6.45, 7) is 0.463. The van der Waals surface area contributed by atoms with E-state index in [1.54, 1.807) is 30.0 Å². The molecule has 3 aromatic heterocycles. The minimum atomic E-state index is 0.0109. The zero-order chi connectivity index (χ0) is 14.5. The van der Waals surface area contributed by atoms with Crippen molar-refractivity contribution in [1.82, 2.24) is 10.3 Å². The van der Waals surface area contributed by atoms with Crippen molar-refractivity contribution >= 4 is 17.2 Å². The average Bonchev–Trinajstić information content (AvgIpc) is 3.19. The second kappa shape index (κ2) is 6.37. The van der Waals surface area contributed by atoms with E-state index in [0.29, 0.717) is 13.0 Å². The highest BCUT2D eigenvalue weighted by Gasteiger charge is 2.06. The molecule has 1 amide bonds. The van der Waals surface area contributed by atoms with Crippen LogP contribution in [0, 0.1) is 0 Å². The van der Waals surface area contributed by atoms with E-state index in [0.717, 1.165) is 22.5 Å². The van der Waals surface area contributed by atoms with Gasteiger partial charge in [0.15, 0.2) is 0 Å². The Morgan fingerprint density at radius 2 is 2.24 bits per heavy atom. The summed E-state index contributed by atoms with van der Waals surface area (Å²) in [6.07, 6.45) is 5.53. The highest BCUT2D eigenvalue weighted by Crippen LogP contribution is 2.19. The normalized spacial score (nSPS) is 10.5. The van der Waals surface area contributed by atoms with Gasteiger partial charge in [-0.1, -0.05) is 0 Å². The van der Waals surface area contributed by atoms with Gasteiger partial charge in [0, 0.05) is 24.5 Å². The van der Waals surface area contributed by atoms with E-state index >= 15 is 0 Å².